The fraction of sp³-hybridized carbons (Fsp3) is 0.333. The number of anilines is 1. The minimum atomic E-state index is -0.896. The van der Waals surface area contributed by atoms with Crippen molar-refractivity contribution in [3.63, 3.8) is 0 Å². The summed E-state index contributed by atoms with van der Waals surface area (Å²) in [4.78, 5) is 21.8. The average Bonchev–Trinajstić information content (AvgIpc) is 2.35. The number of carbonyl (C=O) groups is 2. The van der Waals surface area contributed by atoms with E-state index in [4.69, 9.17) is 9.84 Å². The molecule has 18 heavy (non-hydrogen) atoms. The van der Waals surface area contributed by atoms with Crippen LogP contribution < -0.4 is 15.4 Å². The maximum absolute atomic E-state index is 11.5. The molecule has 0 saturated carbocycles. The molecular formula is C12H16N2O4. The van der Waals surface area contributed by atoms with Crippen molar-refractivity contribution in [2.24, 2.45) is 0 Å². The SMILES string of the molecule is COc1ccccc1NC(=O)CNCCC(=O)O. The van der Waals surface area contributed by atoms with Gasteiger partial charge in [-0.2, -0.15) is 0 Å². The molecule has 1 rings (SSSR count). The first kappa shape index (κ1) is 14.0. The number of carbonyl (C=O) groups excluding carboxylic acids is 1. The predicted octanol–water partition coefficient (Wildman–Crippen LogP) is 0.698. The fourth-order valence-electron chi connectivity index (χ4n) is 1.34. The highest BCUT2D eigenvalue weighted by molar-refractivity contribution is 5.93. The molecule has 0 unspecified atom stereocenters. The molecule has 0 aliphatic rings. The minimum Gasteiger partial charge on any atom is -0.495 e. The Labute approximate surface area is 105 Å². The molecule has 0 aromatic heterocycles. The maximum atomic E-state index is 11.5. The van der Waals surface area contributed by atoms with E-state index in [2.05, 4.69) is 10.6 Å². The van der Waals surface area contributed by atoms with Crippen molar-refractivity contribution in [3.8, 4) is 5.75 Å². The number of carboxylic acid groups (broad SMARTS) is 1. The molecule has 0 spiro atoms. The topological polar surface area (TPSA) is 87.7 Å². The first-order valence-electron chi connectivity index (χ1n) is 5.49. The van der Waals surface area contributed by atoms with E-state index in [1.807, 2.05) is 0 Å². The number of para-hydroxylation sites is 2. The van der Waals surface area contributed by atoms with Gasteiger partial charge in [-0.15, -0.1) is 0 Å². The van der Waals surface area contributed by atoms with Crippen LogP contribution >= 0.6 is 0 Å². The zero-order valence-electron chi connectivity index (χ0n) is 10.1. The highest BCUT2D eigenvalue weighted by atomic mass is 16.5. The third-order valence-corrected chi connectivity index (χ3v) is 2.18. The van der Waals surface area contributed by atoms with Crippen LogP contribution in [-0.2, 0) is 9.59 Å². The number of carboxylic acids is 1. The van der Waals surface area contributed by atoms with Crippen molar-refractivity contribution in [2.45, 2.75) is 6.42 Å². The van der Waals surface area contributed by atoms with Gasteiger partial charge in [0.05, 0.1) is 25.8 Å². The van der Waals surface area contributed by atoms with E-state index in [9.17, 15) is 9.59 Å². The van der Waals surface area contributed by atoms with E-state index in [1.165, 1.54) is 7.11 Å². The summed E-state index contributed by atoms with van der Waals surface area (Å²) in [6, 6.07) is 7.07. The monoisotopic (exact) mass is 252 g/mol. The van der Waals surface area contributed by atoms with Gasteiger partial charge in [0, 0.05) is 6.54 Å². The quantitative estimate of drug-likeness (QED) is 0.622. The van der Waals surface area contributed by atoms with Crippen molar-refractivity contribution < 1.29 is 19.4 Å². The Hall–Kier alpha value is -2.08. The van der Waals surface area contributed by atoms with Crippen LogP contribution in [0.25, 0.3) is 0 Å². The fourth-order valence-corrected chi connectivity index (χ4v) is 1.34. The van der Waals surface area contributed by atoms with Crippen molar-refractivity contribution in [2.75, 3.05) is 25.5 Å². The first-order valence-corrected chi connectivity index (χ1v) is 5.49. The Morgan fingerprint density at radius 3 is 2.72 bits per heavy atom. The molecule has 1 amide bonds. The number of aliphatic carboxylic acids is 1. The van der Waals surface area contributed by atoms with Crippen LogP contribution in [0.4, 0.5) is 5.69 Å². The van der Waals surface area contributed by atoms with E-state index in [0.29, 0.717) is 11.4 Å². The molecule has 0 fully saturated rings. The zero-order chi connectivity index (χ0) is 13.4. The molecule has 0 saturated heterocycles. The Morgan fingerprint density at radius 1 is 1.33 bits per heavy atom. The van der Waals surface area contributed by atoms with Crippen LogP contribution in [0, 0.1) is 0 Å². The van der Waals surface area contributed by atoms with Crippen LogP contribution in [0.1, 0.15) is 6.42 Å². The van der Waals surface area contributed by atoms with Crippen molar-refractivity contribution in [1.82, 2.24) is 5.32 Å². The van der Waals surface area contributed by atoms with E-state index in [0.717, 1.165) is 0 Å². The number of hydrogen-bond acceptors (Lipinski definition) is 4. The Balaban J connectivity index is 2.37. The smallest absolute Gasteiger partial charge is 0.304 e. The number of benzene rings is 1. The average molecular weight is 252 g/mol. The van der Waals surface area contributed by atoms with Crippen LogP contribution in [0.3, 0.4) is 0 Å². The largest absolute Gasteiger partial charge is 0.495 e. The molecule has 6 nitrogen and oxygen atoms in total. The number of nitrogens with one attached hydrogen (secondary N) is 2. The minimum absolute atomic E-state index is 0.0120. The van der Waals surface area contributed by atoms with Gasteiger partial charge < -0.3 is 20.5 Å². The number of hydrogen-bond donors (Lipinski definition) is 3. The summed E-state index contributed by atoms with van der Waals surface area (Å²) in [5, 5.41) is 13.8. The lowest BCUT2D eigenvalue weighted by Crippen LogP contribution is -2.29. The van der Waals surface area contributed by atoms with Crippen LogP contribution in [0.5, 0.6) is 5.75 Å². The van der Waals surface area contributed by atoms with Gasteiger partial charge in [-0.3, -0.25) is 9.59 Å². The molecule has 0 aliphatic carbocycles. The lowest BCUT2D eigenvalue weighted by molar-refractivity contribution is -0.137. The molecule has 0 heterocycles. The first-order chi connectivity index (χ1) is 8.63. The Kier molecular flexibility index (Phi) is 5.66. The second-order valence-electron chi connectivity index (χ2n) is 3.57. The molecule has 1 aromatic carbocycles. The summed E-state index contributed by atoms with van der Waals surface area (Å²) < 4.78 is 5.09. The zero-order valence-corrected chi connectivity index (χ0v) is 10.1. The summed E-state index contributed by atoms with van der Waals surface area (Å²) in [6.45, 7) is 0.319. The van der Waals surface area contributed by atoms with Gasteiger partial charge >= 0.3 is 5.97 Å². The summed E-state index contributed by atoms with van der Waals surface area (Å²) in [7, 11) is 1.52. The van der Waals surface area contributed by atoms with Crippen molar-refractivity contribution >= 4 is 17.6 Å². The standard InChI is InChI=1S/C12H16N2O4/c1-18-10-5-3-2-4-9(10)14-11(15)8-13-7-6-12(16)17/h2-5,13H,6-8H2,1H3,(H,14,15)(H,16,17). The van der Waals surface area contributed by atoms with Gasteiger partial charge in [0.1, 0.15) is 5.75 Å². The number of ether oxygens (including phenoxy) is 1. The van der Waals surface area contributed by atoms with Crippen LogP contribution in [0.2, 0.25) is 0 Å². The number of amides is 1. The van der Waals surface area contributed by atoms with Crippen molar-refractivity contribution in [3.05, 3.63) is 24.3 Å². The third kappa shape index (κ3) is 4.84. The normalized spacial score (nSPS) is 9.83. The third-order valence-electron chi connectivity index (χ3n) is 2.18. The molecule has 0 aliphatic heterocycles. The van der Waals surface area contributed by atoms with E-state index in [-0.39, 0.29) is 25.4 Å². The molecule has 1 aromatic rings. The molecule has 3 N–H and O–H groups in total. The Bertz CT molecular complexity index is 420. The highest BCUT2D eigenvalue weighted by Crippen LogP contribution is 2.22. The van der Waals surface area contributed by atoms with Crippen LogP contribution in [0.15, 0.2) is 24.3 Å². The van der Waals surface area contributed by atoms with Gasteiger partial charge in [-0.05, 0) is 12.1 Å². The van der Waals surface area contributed by atoms with Gasteiger partial charge in [0.25, 0.3) is 0 Å². The Morgan fingerprint density at radius 2 is 2.06 bits per heavy atom. The molecule has 98 valence electrons. The van der Waals surface area contributed by atoms with Crippen molar-refractivity contribution in [1.29, 1.82) is 0 Å². The molecular weight excluding hydrogens is 236 g/mol. The predicted molar refractivity (Wildman–Crippen MR) is 66.7 cm³/mol. The highest BCUT2D eigenvalue weighted by Gasteiger charge is 2.06. The summed E-state index contributed by atoms with van der Waals surface area (Å²) >= 11 is 0. The van der Waals surface area contributed by atoms with Crippen LogP contribution in [-0.4, -0.2) is 37.2 Å². The molecule has 0 atom stereocenters. The van der Waals surface area contributed by atoms with Gasteiger partial charge in [0.15, 0.2) is 0 Å². The summed E-state index contributed by atoms with van der Waals surface area (Å²) in [6.07, 6.45) is -0.0120. The van der Waals surface area contributed by atoms with Gasteiger partial charge in [-0.1, -0.05) is 12.1 Å². The van der Waals surface area contributed by atoms with Gasteiger partial charge in [0.2, 0.25) is 5.91 Å². The summed E-state index contributed by atoms with van der Waals surface area (Å²) in [5.41, 5.74) is 0.588. The van der Waals surface area contributed by atoms with E-state index in [1.54, 1.807) is 24.3 Å². The van der Waals surface area contributed by atoms with Gasteiger partial charge in [-0.25, -0.2) is 0 Å². The molecule has 6 heteroatoms. The summed E-state index contributed by atoms with van der Waals surface area (Å²) in [5.74, 6) is -0.561. The maximum Gasteiger partial charge on any atom is 0.304 e. The van der Waals surface area contributed by atoms with E-state index < -0.39 is 5.97 Å². The lowest BCUT2D eigenvalue weighted by Gasteiger charge is -2.09. The number of rotatable bonds is 7. The molecule has 0 radical (unpaired) electrons. The van der Waals surface area contributed by atoms with E-state index >= 15 is 0 Å². The molecule has 0 bridgehead atoms. The second-order valence-corrected chi connectivity index (χ2v) is 3.57. The second kappa shape index (κ2) is 7.29. The number of methoxy groups -OCH3 is 1. The lowest BCUT2D eigenvalue weighted by atomic mass is 10.3.